The first-order valence-corrected chi connectivity index (χ1v) is 12.5. The lowest BCUT2D eigenvalue weighted by Crippen LogP contribution is -2.25. The Balaban J connectivity index is 1.32. The molecule has 2 aliphatic rings. The molecule has 0 radical (unpaired) electrons. The van der Waals surface area contributed by atoms with Crippen molar-refractivity contribution in [3.05, 3.63) is 134 Å². The molecule has 4 nitrogen and oxygen atoms in total. The summed E-state index contributed by atoms with van der Waals surface area (Å²) in [6.45, 7) is 0. The number of ketones is 1. The third-order valence-corrected chi connectivity index (χ3v) is 7.32. The van der Waals surface area contributed by atoms with Crippen molar-refractivity contribution in [1.82, 2.24) is 0 Å². The number of fused-ring (bicyclic) bond motifs is 4. The average molecular weight is 481 g/mol. The fraction of sp³-hybridized carbons (Fsp3) is 0.121. The quantitative estimate of drug-likeness (QED) is 0.427. The Morgan fingerprint density at radius 1 is 0.757 bits per heavy atom. The number of nitrogens with zero attached hydrogens (tertiary/aromatic N) is 1. The number of carbonyl (C=O) groups is 2. The maximum atomic E-state index is 13.6. The van der Waals surface area contributed by atoms with E-state index in [-0.39, 0.29) is 11.7 Å². The van der Waals surface area contributed by atoms with Crippen molar-refractivity contribution >= 4 is 29.0 Å². The van der Waals surface area contributed by atoms with E-state index < -0.39 is 0 Å². The monoisotopic (exact) mass is 480 g/mol. The fourth-order valence-corrected chi connectivity index (χ4v) is 5.50. The standard InChI is InChI=1S/C33H24N2O2/c34-20-21-5-3-7-24(19-21)33(37)35-25-14-11-23(12-15-25)32(36)31-10-4-9-27-29-16-13-22-6-1-2-8-26(22)28(29)17-18-30(27)31/h1-3,5-8,11-15,17-19H,4,9-10,16H2,(H,35,37). The Morgan fingerprint density at radius 2 is 1.57 bits per heavy atom. The zero-order valence-corrected chi connectivity index (χ0v) is 20.3. The van der Waals surface area contributed by atoms with Gasteiger partial charge in [-0.25, -0.2) is 0 Å². The van der Waals surface area contributed by atoms with Crippen LogP contribution in [0, 0.1) is 21.8 Å². The molecule has 1 N–H and O–H groups in total. The van der Waals surface area contributed by atoms with E-state index in [1.165, 1.54) is 26.8 Å². The SMILES string of the molecule is N#Cc1cccc(C(=O)Nc2ccc(C(=O)C3=c4ccc5c(c4CCC3)CC=c3ccccc3=5)cc2)c1. The molecular formula is C33H24N2O2. The molecule has 0 atom stereocenters. The zero-order valence-electron chi connectivity index (χ0n) is 20.3. The molecule has 0 saturated carbocycles. The summed E-state index contributed by atoms with van der Waals surface area (Å²) in [6.07, 6.45) is 5.89. The van der Waals surface area contributed by atoms with Crippen molar-refractivity contribution in [1.29, 1.82) is 5.26 Å². The van der Waals surface area contributed by atoms with E-state index in [1.54, 1.807) is 48.5 Å². The highest BCUT2D eigenvalue weighted by Gasteiger charge is 2.21. The number of hydrogen-bond acceptors (Lipinski definition) is 3. The van der Waals surface area contributed by atoms with Gasteiger partial charge in [0.2, 0.25) is 0 Å². The van der Waals surface area contributed by atoms with Crippen molar-refractivity contribution in [2.24, 2.45) is 0 Å². The maximum Gasteiger partial charge on any atom is 0.255 e. The first kappa shape index (κ1) is 22.7. The highest BCUT2D eigenvalue weighted by Crippen LogP contribution is 2.24. The second-order valence-electron chi connectivity index (χ2n) is 9.50. The molecule has 178 valence electrons. The average Bonchev–Trinajstić information content (AvgIpc) is 2.96. The van der Waals surface area contributed by atoms with E-state index in [2.05, 4.69) is 47.8 Å². The molecule has 4 aromatic carbocycles. The van der Waals surface area contributed by atoms with E-state index in [0.717, 1.165) is 36.5 Å². The van der Waals surface area contributed by atoms with Crippen LogP contribution in [0.2, 0.25) is 0 Å². The van der Waals surface area contributed by atoms with E-state index in [1.807, 2.05) is 6.07 Å². The van der Waals surface area contributed by atoms with Crippen LogP contribution in [0.15, 0.2) is 84.9 Å². The number of nitriles is 1. The lowest BCUT2D eigenvalue weighted by molar-refractivity contribution is 0.102. The third kappa shape index (κ3) is 4.15. The summed E-state index contributed by atoms with van der Waals surface area (Å²) in [6, 6.07) is 28.5. The van der Waals surface area contributed by atoms with Crippen LogP contribution in [-0.4, -0.2) is 11.7 Å². The highest BCUT2D eigenvalue weighted by atomic mass is 16.1. The van der Waals surface area contributed by atoms with Gasteiger partial charge in [-0.15, -0.1) is 0 Å². The molecule has 0 aliphatic heterocycles. The van der Waals surface area contributed by atoms with Crippen molar-refractivity contribution in [2.75, 3.05) is 5.32 Å². The minimum atomic E-state index is -0.296. The van der Waals surface area contributed by atoms with Crippen molar-refractivity contribution < 1.29 is 9.59 Å². The van der Waals surface area contributed by atoms with Gasteiger partial charge in [0, 0.05) is 22.4 Å². The van der Waals surface area contributed by atoms with Crippen molar-refractivity contribution in [2.45, 2.75) is 25.7 Å². The third-order valence-electron chi connectivity index (χ3n) is 7.32. The Bertz CT molecular complexity index is 1840. The van der Waals surface area contributed by atoms with Gasteiger partial charge >= 0.3 is 0 Å². The van der Waals surface area contributed by atoms with Crippen LogP contribution in [-0.2, 0) is 12.8 Å². The minimum absolute atomic E-state index is 0.0423. The molecule has 0 bridgehead atoms. The molecule has 0 unspecified atom stereocenters. The van der Waals surface area contributed by atoms with Crippen LogP contribution < -0.4 is 15.8 Å². The lowest BCUT2D eigenvalue weighted by Gasteiger charge is -2.20. The molecule has 0 fully saturated rings. The summed E-state index contributed by atoms with van der Waals surface area (Å²) in [7, 11) is 0. The molecule has 4 aromatic rings. The predicted molar refractivity (Wildman–Crippen MR) is 144 cm³/mol. The summed E-state index contributed by atoms with van der Waals surface area (Å²) in [5.41, 5.74) is 5.58. The number of Topliss-reactive ketones (excluding diaryl/α,β-unsaturated/α-hetero) is 1. The van der Waals surface area contributed by atoms with Crippen molar-refractivity contribution in [3.8, 4) is 6.07 Å². The number of nitrogens with one attached hydrogen (secondary N) is 1. The first-order valence-electron chi connectivity index (χ1n) is 12.5. The number of carbonyl (C=O) groups excluding carboxylic acids is 2. The van der Waals surface area contributed by atoms with Gasteiger partial charge in [0.1, 0.15) is 0 Å². The smallest absolute Gasteiger partial charge is 0.255 e. The highest BCUT2D eigenvalue weighted by molar-refractivity contribution is 6.24. The Morgan fingerprint density at radius 3 is 2.41 bits per heavy atom. The van der Waals surface area contributed by atoms with Gasteiger partial charge < -0.3 is 5.32 Å². The van der Waals surface area contributed by atoms with Crippen LogP contribution in [0.3, 0.4) is 0 Å². The normalized spacial score (nSPS) is 13.3. The van der Waals surface area contributed by atoms with Gasteiger partial charge in [-0.2, -0.15) is 5.26 Å². The van der Waals surface area contributed by atoms with Crippen LogP contribution in [0.4, 0.5) is 5.69 Å². The topological polar surface area (TPSA) is 70.0 Å². The van der Waals surface area contributed by atoms with Crippen LogP contribution in [0.1, 0.15) is 50.2 Å². The summed E-state index contributed by atoms with van der Waals surface area (Å²) in [5.74, 6) is -0.254. The molecule has 4 heteroatoms. The van der Waals surface area contributed by atoms with Gasteiger partial charge in [0.15, 0.2) is 5.78 Å². The van der Waals surface area contributed by atoms with Crippen molar-refractivity contribution in [3.63, 3.8) is 0 Å². The lowest BCUT2D eigenvalue weighted by atomic mass is 9.84. The number of anilines is 1. The summed E-state index contributed by atoms with van der Waals surface area (Å²) < 4.78 is 0. The van der Waals surface area contributed by atoms with E-state index >= 15 is 0 Å². The number of benzene rings is 4. The minimum Gasteiger partial charge on any atom is -0.322 e. The van der Waals surface area contributed by atoms with Gasteiger partial charge in [-0.3, -0.25) is 9.59 Å². The zero-order chi connectivity index (χ0) is 25.4. The van der Waals surface area contributed by atoms with Gasteiger partial charge in [0.25, 0.3) is 5.91 Å². The molecule has 6 rings (SSSR count). The molecule has 2 aliphatic carbocycles. The second kappa shape index (κ2) is 9.37. The molecule has 0 heterocycles. The van der Waals surface area contributed by atoms with Crippen LogP contribution in [0.25, 0.3) is 11.6 Å². The number of rotatable bonds is 4. The van der Waals surface area contributed by atoms with Gasteiger partial charge in [-0.05, 0) is 100 Å². The van der Waals surface area contributed by atoms with E-state index in [0.29, 0.717) is 22.4 Å². The number of amides is 1. The molecule has 0 saturated heterocycles. The van der Waals surface area contributed by atoms with E-state index in [4.69, 9.17) is 5.26 Å². The Labute approximate surface area is 214 Å². The predicted octanol–water partition coefficient (Wildman–Crippen LogP) is 4.80. The van der Waals surface area contributed by atoms with Gasteiger partial charge in [0.05, 0.1) is 11.6 Å². The van der Waals surface area contributed by atoms with Gasteiger partial charge in [-0.1, -0.05) is 48.5 Å². The summed E-state index contributed by atoms with van der Waals surface area (Å²) in [5, 5.41) is 16.8. The number of hydrogen-bond donors (Lipinski definition) is 1. The molecule has 0 spiro atoms. The van der Waals surface area contributed by atoms with Crippen LogP contribution >= 0.6 is 0 Å². The largest absolute Gasteiger partial charge is 0.322 e. The molecule has 37 heavy (non-hydrogen) atoms. The maximum absolute atomic E-state index is 13.6. The molecule has 1 amide bonds. The summed E-state index contributed by atoms with van der Waals surface area (Å²) in [4.78, 5) is 26.2. The molecular weight excluding hydrogens is 456 g/mol. The fourth-order valence-electron chi connectivity index (χ4n) is 5.50. The molecule has 0 aromatic heterocycles. The summed E-state index contributed by atoms with van der Waals surface area (Å²) >= 11 is 0. The second-order valence-corrected chi connectivity index (χ2v) is 9.50. The first-order chi connectivity index (χ1) is 18.1. The van der Waals surface area contributed by atoms with E-state index in [9.17, 15) is 9.59 Å². The Kier molecular flexibility index (Phi) is 5.75. The van der Waals surface area contributed by atoms with Crippen LogP contribution in [0.5, 0.6) is 0 Å². The Hall–Kier alpha value is -4.75.